The van der Waals surface area contributed by atoms with Gasteiger partial charge in [0.25, 0.3) is 0 Å². The van der Waals surface area contributed by atoms with Gasteiger partial charge in [0.05, 0.1) is 6.54 Å². The van der Waals surface area contributed by atoms with Crippen molar-refractivity contribution in [2.75, 3.05) is 19.6 Å². The van der Waals surface area contributed by atoms with Gasteiger partial charge in [-0.3, -0.25) is 4.90 Å². The first kappa shape index (κ1) is 16.7. The Kier molecular flexibility index (Phi) is 4.61. The number of rotatable bonds is 3. The molecule has 1 aromatic heterocycles. The van der Waals surface area contributed by atoms with Crippen LogP contribution in [0, 0.1) is 20.8 Å². The molecule has 0 spiro atoms. The highest BCUT2D eigenvalue weighted by Crippen LogP contribution is 2.29. The maximum absolute atomic E-state index is 4.52. The van der Waals surface area contributed by atoms with E-state index in [2.05, 4.69) is 57.9 Å². The van der Waals surface area contributed by atoms with Gasteiger partial charge < -0.3 is 9.88 Å². The van der Waals surface area contributed by atoms with E-state index in [4.69, 9.17) is 0 Å². The van der Waals surface area contributed by atoms with Crippen molar-refractivity contribution in [3.05, 3.63) is 46.0 Å². The molecule has 1 N–H and O–H groups in total. The van der Waals surface area contributed by atoms with Crippen LogP contribution >= 0.6 is 0 Å². The fourth-order valence-corrected chi connectivity index (χ4v) is 4.20. The van der Waals surface area contributed by atoms with Crippen LogP contribution in [0.15, 0.2) is 12.1 Å². The zero-order valence-corrected chi connectivity index (χ0v) is 15.7. The Hall–Kier alpha value is -1.72. The topological polar surface area (TPSA) is 46.0 Å². The van der Waals surface area contributed by atoms with Crippen molar-refractivity contribution in [3.63, 3.8) is 0 Å². The molecule has 1 saturated heterocycles. The van der Waals surface area contributed by atoms with Crippen molar-refractivity contribution in [2.24, 2.45) is 0 Å². The van der Waals surface area contributed by atoms with E-state index in [9.17, 15) is 0 Å². The van der Waals surface area contributed by atoms with E-state index < -0.39 is 0 Å². The highest BCUT2D eigenvalue weighted by Gasteiger charge is 2.27. The van der Waals surface area contributed by atoms with Crippen LogP contribution in [0.1, 0.15) is 52.7 Å². The molecule has 0 aliphatic carbocycles. The molecular weight excluding hydrogens is 310 g/mol. The van der Waals surface area contributed by atoms with Crippen LogP contribution < -0.4 is 5.32 Å². The SMILES string of the molecule is Cc1cc(C)c(CN2CCC(c3nnc4n3CCNC4)CC2)cc1C. The average molecular weight is 339 g/mol. The number of likely N-dealkylation sites (tertiary alicyclic amines) is 1. The fourth-order valence-electron chi connectivity index (χ4n) is 4.20. The third-order valence-corrected chi connectivity index (χ3v) is 5.95. The summed E-state index contributed by atoms with van der Waals surface area (Å²) in [6.45, 7) is 12.9. The molecular formula is C20H29N5. The molecule has 3 heterocycles. The number of hydrogen-bond acceptors (Lipinski definition) is 4. The number of aryl methyl sites for hydroxylation is 3. The predicted molar refractivity (Wildman–Crippen MR) is 99.6 cm³/mol. The van der Waals surface area contributed by atoms with Crippen molar-refractivity contribution < 1.29 is 0 Å². The van der Waals surface area contributed by atoms with Gasteiger partial charge >= 0.3 is 0 Å². The second-order valence-electron chi connectivity index (χ2n) is 7.72. The Morgan fingerprint density at radius 2 is 1.76 bits per heavy atom. The van der Waals surface area contributed by atoms with Crippen molar-refractivity contribution >= 4 is 0 Å². The first-order valence-electron chi connectivity index (χ1n) is 9.53. The lowest BCUT2D eigenvalue weighted by molar-refractivity contribution is 0.199. The normalized spacial score (nSPS) is 19.2. The lowest BCUT2D eigenvalue weighted by atomic mass is 9.94. The summed E-state index contributed by atoms with van der Waals surface area (Å²) in [4.78, 5) is 2.60. The Bertz CT molecular complexity index is 756. The summed E-state index contributed by atoms with van der Waals surface area (Å²) in [6, 6.07) is 4.70. The quantitative estimate of drug-likeness (QED) is 0.934. The van der Waals surface area contributed by atoms with E-state index in [1.54, 1.807) is 0 Å². The number of nitrogens with one attached hydrogen (secondary N) is 1. The molecule has 25 heavy (non-hydrogen) atoms. The number of fused-ring (bicyclic) bond motifs is 1. The third kappa shape index (κ3) is 3.35. The minimum absolute atomic E-state index is 0.566. The van der Waals surface area contributed by atoms with Gasteiger partial charge in [0, 0.05) is 25.6 Å². The average Bonchev–Trinajstić information content (AvgIpc) is 3.04. The zero-order valence-electron chi connectivity index (χ0n) is 15.7. The number of aromatic nitrogens is 3. The Morgan fingerprint density at radius 3 is 2.56 bits per heavy atom. The van der Waals surface area contributed by atoms with E-state index in [1.807, 2.05) is 0 Å². The van der Waals surface area contributed by atoms with Crippen molar-refractivity contribution in [2.45, 2.75) is 59.2 Å². The molecule has 0 unspecified atom stereocenters. The van der Waals surface area contributed by atoms with Gasteiger partial charge in [-0.25, -0.2) is 0 Å². The molecule has 0 saturated carbocycles. The maximum Gasteiger partial charge on any atom is 0.147 e. The monoisotopic (exact) mass is 339 g/mol. The molecule has 5 heteroatoms. The van der Waals surface area contributed by atoms with Crippen LogP contribution in [0.2, 0.25) is 0 Å². The summed E-state index contributed by atoms with van der Waals surface area (Å²) in [5, 5.41) is 12.3. The van der Waals surface area contributed by atoms with Gasteiger partial charge in [-0.15, -0.1) is 10.2 Å². The molecule has 1 fully saturated rings. The summed E-state index contributed by atoms with van der Waals surface area (Å²) in [5.41, 5.74) is 5.70. The van der Waals surface area contributed by atoms with Gasteiger partial charge in [-0.05, 0) is 69.0 Å². The van der Waals surface area contributed by atoms with Gasteiger partial charge in [-0.1, -0.05) is 12.1 Å². The van der Waals surface area contributed by atoms with E-state index >= 15 is 0 Å². The molecule has 2 aliphatic heterocycles. The van der Waals surface area contributed by atoms with Gasteiger partial charge in [0.1, 0.15) is 11.6 Å². The molecule has 134 valence electrons. The van der Waals surface area contributed by atoms with Crippen molar-refractivity contribution in [1.82, 2.24) is 25.0 Å². The standard InChI is InChI=1S/C20H29N5/c1-14-10-16(3)18(11-15(14)2)13-24-7-4-17(5-8-24)20-23-22-19-12-21-6-9-25(19)20/h10-11,17,21H,4-9,12-13H2,1-3H3. The van der Waals surface area contributed by atoms with Gasteiger partial charge in [-0.2, -0.15) is 0 Å². The summed E-state index contributed by atoms with van der Waals surface area (Å²) >= 11 is 0. The smallest absolute Gasteiger partial charge is 0.147 e. The molecule has 5 nitrogen and oxygen atoms in total. The predicted octanol–water partition coefficient (Wildman–Crippen LogP) is 2.69. The first-order chi connectivity index (χ1) is 12.1. The maximum atomic E-state index is 4.52. The Balaban J connectivity index is 1.40. The first-order valence-corrected chi connectivity index (χ1v) is 9.53. The Morgan fingerprint density at radius 1 is 1.00 bits per heavy atom. The van der Waals surface area contributed by atoms with Crippen LogP contribution in [-0.2, 0) is 19.6 Å². The van der Waals surface area contributed by atoms with Crippen LogP contribution in [0.3, 0.4) is 0 Å². The molecule has 2 aromatic rings. The number of nitrogens with zero attached hydrogens (tertiary/aromatic N) is 4. The zero-order chi connectivity index (χ0) is 17.4. The lowest BCUT2D eigenvalue weighted by Crippen LogP contribution is -2.35. The van der Waals surface area contributed by atoms with Crippen molar-refractivity contribution in [3.8, 4) is 0 Å². The molecule has 1 aromatic carbocycles. The van der Waals surface area contributed by atoms with Crippen LogP contribution in [0.5, 0.6) is 0 Å². The third-order valence-electron chi connectivity index (χ3n) is 5.95. The Labute approximate surface area is 150 Å². The molecule has 4 rings (SSSR count). The summed E-state index contributed by atoms with van der Waals surface area (Å²) in [5.74, 6) is 2.89. The molecule has 2 aliphatic rings. The van der Waals surface area contributed by atoms with Gasteiger partial charge in [0.2, 0.25) is 0 Å². The second-order valence-corrected chi connectivity index (χ2v) is 7.72. The molecule has 0 amide bonds. The van der Waals surface area contributed by atoms with Crippen molar-refractivity contribution in [1.29, 1.82) is 0 Å². The number of hydrogen-bond donors (Lipinski definition) is 1. The van der Waals surface area contributed by atoms with E-state index in [0.29, 0.717) is 5.92 Å². The molecule has 0 bridgehead atoms. The molecule has 0 atom stereocenters. The highest BCUT2D eigenvalue weighted by molar-refractivity contribution is 5.36. The summed E-state index contributed by atoms with van der Waals surface area (Å²) < 4.78 is 2.35. The minimum Gasteiger partial charge on any atom is -0.312 e. The summed E-state index contributed by atoms with van der Waals surface area (Å²) in [6.07, 6.45) is 2.38. The largest absolute Gasteiger partial charge is 0.312 e. The van der Waals surface area contributed by atoms with E-state index in [1.165, 1.54) is 40.9 Å². The summed E-state index contributed by atoms with van der Waals surface area (Å²) in [7, 11) is 0. The van der Waals surface area contributed by atoms with E-state index in [-0.39, 0.29) is 0 Å². The van der Waals surface area contributed by atoms with Crippen LogP contribution in [0.25, 0.3) is 0 Å². The number of benzene rings is 1. The lowest BCUT2D eigenvalue weighted by Gasteiger charge is -2.32. The number of piperidine rings is 1. The highest BCUT2D eigenvalue weighted by atomic mass is 15.3. The van der Waals surface area contributed by atoms with Crippen LogP contribution in [0.4, 0.5) is 0 Å². The second kappa shape index (κ2) is 6.89. The van der Waals surface area contributed by atoms with Gasteiger partial charge in [0.15, 0.2) is 0 Å². The minimum atomic E-state index is 0.566. The van der Waals surface area contributed by atoms with E-state index in [0.717, 1.165) is 45.1 Å². The van der Waals surface area contributed by atoms with Crippen LogP contribution in [-0.4, -0.2) is 39.3 Å². The molecule has 0 radical (unpaired) electrons. The fraction of sp³-hybridized carbons (Fsp3) is 0.600.